The van der Waals surface area contributed by atoms with Crippen molar-refractivity contribution in [3.05, 3.63) is 95.8 Å². The van der Waals surface area contributed by atoms with Crippen LogP contribution in [0.2, 0.25) is 0 Å². The number of aliphatic hydroxyl groups is 1. The molecule has 0 unspecified atom stereocenters. The second-order valence-electron chi connectivity index (χ2n) is 18.0. The van der Waals surface area contributed by atoms with Crippen LogP contribution in [0.1, 0.15) is 77.0 Å². The quantitative estimate of drug-likeness (QED) is 0.0732. The third kappa shape index (κ3) is 12.0. The molecule has 0 spiro atoms. The minimum atomic E-state index is -1.18. The molecule has 2 saturated heterocycles. The number of carbonyl (C=O) groups excluding carboxylic acids is 4. The number of rotatable bonds is 20. The SMILES string of the molecule is CC(C)(C)[C@H](NC(=O)COCCCOCCCCOc1ccc(N2C(=S)N(c3ccc(C#N)c(C#N)c3)C(=O)C2(C)C)cc1F)C(=O)N1C[C@H](O)C[C@H]1C(=O)NCc1ccc(-c2cnco2)cc1. The fraction of sp³-hybridized carbons (Fsp3) is 0.429. The lowest BCUT2D eigenvalue weighted by Crippen LogP contribution is -2.58. The van der Waals surface area contributed by atoms with Crippen molar-refractivity contribution in [3.63, 3.8) is 0 Å². The van der Waals surface area contributed by atoms with Gasteiger partial charge >= 0.3 is 0 Å². The molecule has 17 nitrogen and oxygen atoms in total. The van der Waals surface area contributed by atoms with Crippen molar-refractivity contribution < 1.29 is 47.3 Å². The van der Waals surface area contributed by atoms with Crippen LogP contribution in [0.5, 0.6) is 5.75 Å². The number of aromatic nitrogens is 1. The number of nitrogens with one attached hydrogen (secondary N) is 2. The molecule has 3 aromatic carbocycles. The topological polar surface area (TPSA) is 224 Å². The Labute approximate surface area is 399 Å². The Kier molecular flexibility index (Phi) is 16.6. The number of unbranched alkanes of at least 4 members (excludes halogenated alkanes) is 1. The van der Waals surface area contributed by atoms with Gasteiger partial charge in [0.2, 0.25) is 17.7 Å². The third-order valence-corrected chi connectivity index (χ3v) is 11.9. The van der Waals surface area contributed by atoms with Crippen molar-refractivity contribution >= 4 is 52.3 Å². The summed E-state index contributed by atoms with van der Waals surface area (Å²) < 4.78 is 37.6. The summed E-state index contributed by atoms with van der Waals surface area (Å²) in [6.07, 6.45) is 3.85. The number of β-amino-alcohol motifs (C(OH)–C–C–N with tert-alkyl or cyclic N) is 1. The highest BCUT2D eigenvalue weighted by Gasteiger charge is 2.50. The molecule has 0 saturated carbocycles. The van der Waals surface area contributed by atoms with Gasteiger partial charge in [-0.15, -0.1) is 0 Å². The Morgan fingerprint density at radius 2 is 1.66 bits per heavy atom. The average molecular weight is 951 g/mol. The van der Waals surface area contributed by atoms with Gasteiger partial charge in [-0.25, -0.2) is 9.37 Å². The lowest BCUT2D eigenvalue weighted by molar-refractivity contribution is -0.144. The molecule has 4 amide bonds. The third-order valence-electron chi connectivity index (χ3n) is 11.5. The lowest BCUT2D eigenvalue weighted by Gasteiger charge is -2.35. The minimum absolute atomic E-state index is 0.0342. The molecule has 4 aromatic rings. The predicted octanol–water partition coefficient (Wildman–Crippen LogP) is 5.53. The number of hydrogen-bond donors (Lipinski definition) is 3. The molecule has 6 rings (SSSR count). The van der Waals surface area contributed by atoms with Crippen LogP contribution in [0.3, 0.4) is 0 Å². The summed E-state index contributed by atoms with van der Waals surface area (Å²) in [6.45, 7) is 9.86. The number of nitrogens with zero attached hydrogens (tertiary/aromatic N) is 6. The van der Waals surface area contributed by atoms with E-state index >= 15 is 4.39 Å². The summed E-state index contributed by atoms with van der Waals surface area (Å²) in [7, 11) is 0. The fourth-order valence-corrected chi connectivity index (χ4v) is 8.38. The molecule has 19 heteroatoms. The highest BCUT2D eigenvalue weighted by molar-refractivity contribution is 7.81. The van der Waals surface area contributed by atoms with Crippen LogP contribution in [0.4, 0.5) is 15.8 Å². The van der Waals surface area contributed by atoms with Crippen LogP contribution in [0, 0.1) is 33.9 Å². The maximum Gasteiger partial charge on any atom is 0.259 e. The lowest BCUT2D eigenvalue weighted by atomic mass is 9.85. The summed E-state index contributed by atoms with van der Waals surface area (Å²) >= 11 is 5.68. The van der Waals surface area contributed by atoms with E-state index in [9.17, 15) is 34.8 Å². The van der Waals surface area contributed by atoms with Crippen molar-refractivity contribution in [2.45, 2.75) is 90.6 Å². The van der Waals surface area contributed by atoms with Gasteiger partial charge in [0, 0.05) is 56.6 Å². The number of carbonyl (C=O) groups is 4. The molecule has 0 aliphatic carbocycles. The smallest absolute Gasteiger partial charge is 0.259 e. The van der Waals surface area contributed by atoms with Crippen LogP contribution in [-0.4, -0.2) is 107 Å². The first kappa shape index (κ1) is 50.6. The maximum atomic E-state index is 15.3. The summed E-state index contributed by atoms with van der Waals surface area (Å²) in [4.78, 5) is 61.9. The van der Waals surface area contributed by atoms with Gasteiger partial charge in [0.15, 0.2) is 28.8 Å². The van der Waals surface area contributed by atoms with Crippen LogP contribution in [0.25, 0.3) is 11.3 Å². The van der Waals surface area contributed by atoms with Gasteiger partial charge in [0.1, 0.15) is 36.4 Å². The van der Waals surface area contributed by atoms with E-state index in [4.69, 9.17) is 30.8 Å². The minimum Gasteiger partial charge on any atom is -0.491 e. The number of likely N-dealkylation sites (tertiary alicyclic amines) is 1. The summed E-state index contributed by atoms with van der Waals surface area (Å²) in [5, 5.41) is 35.0. The number of anilines is 2. The zero-order valence-corrected chi connectivity index (χ0v) is 39.4. The van der Waals surface area contributed by atoms with Crippen molar-refractivity contribution in [1.29, 1.82) is 10.5 Å². The first-order chi connectivity index (χ1) is 32.4. The Balaban J connectivity index is 0.870. The van der Waals surface area contributed by atoms with E-state index in [1.165, 1.54) is 51.4 Å². The molecule has 0 radical (unpaired) electrons. The average Bonchev–Trinajstić information content (AvgIpc) is 4.03. The van der Waals surface area contributed by atoms with E-state index in [0.717, 1.165) is 11.1 Å². The van der Waals surface area contributed by atoms with Gasteiger partial charge in [-0.3, -0.25) is 24.1 Å². The number of halogens is 1. The van der Waals surface area contributed by atoms with Crippen LogP contribution >= 0.6 is 12.2 Å². The summed E-state index contributed by atoms with van der Waals surface area (Å²) in [5.41, 5.74) is 0.693. The number of hydrogen-bond acceptors (Lipinski definition) is 13. The molecule has 2 aliphatic heterocycles. The van der Waals surface area contributed by atoms with E-state index in [-0.39, 0.29) is 67.2 Å². The van der Waals surface area contributed by atoms with Gasteiger partial charge in [0.25, 0.3) is 5.91 Å². The molecule has 1 aromatic heterocycles. The zero-order chi connectivity index (χ0) is 49.2. The van der Waals surface area contributed by atoms with Gasteiger partial charge in [-0.05, 0) is 86.6 Å². The molecule has 358 valence electrons. The number of nitriles is 2. The molecule has 3 N–H and O–H groups in total. The van der Waals surface area contributed by atoms with Crippen LogP contribution in [0.15, 0.2) is 77.7 Å². The van der Waals surface area contributed by atoms with Crippen molar-refractivity contribution in [1.82, 2.24) is 20.5 Å². The highest BCUT2D eigenvalue weighted by atomic mass is 32.1. The molecular weight excluding hydrogens is 896 g/mol. The van der Waals surface area contributed by atoms with E-state index in [1.54, 1.807) is 46.9 Å². The van der Waals surface area contributed by atoms with Gasteiger partial charge in [-0.1, -0.05) is 45.0 Å². The van der Waals surface area contributed by atoms with Crippen LogP contribution < -0.4 is 25.2 Å². The van der Waals surface area contributed by atoms with Crippen molar-refractivity contribution in [3.8, 4) is 29.2 Å². The second-order valence-corrected chi connectivity index (χ2v) is 18.4. The number of thiocarbonyl (C=S) groups is 1. The molecule has 2 aliphatic rings. The Hall–Kier alpha value is -6.77. The van der Waals surface area contributed by atoms with E-state index < -0.39 is 52.7 Å². The fourth-order valence-electron chi connectivity index (χ4n) is 7.86. The van der Waals surface area contributed by atoms with Gasteiger partial charge in [0.05, 0.1) is 35.7 Å². The van der Waals surface area contributed by atoms with Crippen molar-refractivity contribution in [2.75, 3.05) is 49.4 Å². The monoisotopic (exact) mass is 950 g/mol. The van der Waals surface area contributed by atoms with Gasteiger partial charge in [-0.2, -0.15) is 10.5 Å². The number of benzene rings is 3. The molecule has 3 atom stereocenters. The predicted molar refractivity (Wildman–Crippen MR) is 251 cm³/mol. The number of oxazole rings is 1. The zero-order valence-electron chi connectivity index (χ0n) is 38.6. The molecular formula is C49H55FN8O9S. The maximum absolute atomic E-state index is 15.3. The largest absolute Gasteiger partial charge is 0.491 e. The Morgan fingerprint density at radius 1 is 0.971 bits per heavy atom. The van der Waals surface area contributed by atoms with Crippen LogP contribution in [-0.2, 0) is 35.2 Å². The van der Waals surface area contributed by atoms with E-state index in [0.29, 0.717) is 49.6 Å². The number of amides is 4. The standard InChI is InChI=1S/C49H55FN8O9S/c1-48(2,3)43(45(62)56-28-37(59)23-39(56)44(61)54-26-31-9-11-32(12-10-31)41-27-53-30-67-41)55-42(60)29-65-19-8-18-64-17-6-7-20-66-40-16-15-36(22-38(40)50)58-47(68)57(46(63)49(58,4)5)35-14-13-33(24-51)34(21-35)25-52/h9-16,21-22,27,30,37,39,43,59H,6-8,17-20,23,26,28-29H2,1-5H3,(H,54,61)(H,55,60)/t37-,39+,43-/m1/s1. The van der Waals surface area contributed by atoms with E-state index in [2.05, 4.69) is 15.6 Å². The molecule has 3 heterocycles. The normalized spacial score (nSPS) is 17.2. The number of ether oxygens (including phenoxy) is 3. The summed E-state index contributed by atoms with van der Waals surface area (Å²) in [6, 6.07) is 18.2. The van der Waals surface area contributed by atoms with Gasteiger partial charge < -0.3 is 44.2 Å². The Bertz CT molecular complexity index is 2550. The first-order valence-corrected chi connectivity index (χ1v) is 22.6. The van der Waals surface area contributed by atoms with Crippen molar-refractivity contribution in [2.24, 2.45) is 5.41 Å². The van der Waals surface area contributed by atoms with E-state index in [1.807, 2.05) is 36.4 Å². The second kappa shape index (κ2) is 22.4. The molecule has 68 heavy (non-hydrogen) atoms. The highest BCUT2D eigenvalue weighted by Crippen LogP contribution is 2.38. The molecule has 2 fully saturated rings. The first-order valence-electron chi connectivity index (χ1n) is 22.2. The Morgan fingerprint density at radius 3 is 2.34 bits per heavy atom. The summed E-state index contributed by atoms with van der Waals surface area (Å²) in [5.74, 6) is -1.75. The number of aliphatic hydroxyl groups excluding tert-OH is 1. The molecule has 0 bridgehead atoms.